The Hall–Kier alpha value is -1.99. The summed E-state index contributed by atoms with van der Waals surface area (Å²) in [6.45, 7) is 3.84. The summed E-state index contributed by atoms with van der Waals surface area (Å²) in [7, 11) is 0. The van der Waals surface area contributed by atoms with E-state index in [2.05, 4.69) is 28.6 Å². The van der Waals surface area contributed by atoms with Crippen LogP contribution < -0.4 is 27.4 Å². The van der Waals surface area contributed by atoms with E-state index in [1.54, 1.807) is 0 Å². The molecule has 4 atom stereocenters. The zero-order chi connectivity index (χ0) is 24.1. The van der Waals surface area contributed by atoms with E-state index < -0.39 is 60.2 Å². The average Bonchev–Trinajstić information content (AvgIpc) is 2.67. The number of nitrogens with two attached hydrogens (primary N) is 2. The van der Waals surface area contributed by atoms with E-state index >= 15 is 0 Å². The molecule has 4 unspecified atom stereocenters. The quantitative estimate of drug-likeness (QED) is 0.137. The highest BCUT2D eigenvalue weighted by atomic mass is 32.2. The van der Waals surface area contributed by atoms with Gasteiger partial charge in [-0.15, -0.1) is 0 Å². The second-order valence-electron chi connectivity index (χ2n) is 7.39. The highest BCUT2D eigenvalue weighted by Crippen LogP contribution is 2.06. The van der Waals surface area contributed by atoms with Gasteiger partial charge in [-0.1, -0.05) is 13.8 Å². The van der Waals surface area contributed by atoms with Crippen molar-refractivity contribution in [2.45, 2.75) is 57.3 Å². The first-order valence-electron chi connectivity index (χ1n) is 9.70. The summed E-state index contributed by atoms with van der Waals surface area (Å²) in [6, 6.07) is -4.44. The third-order valence-electron chi connectivity index (χ3n) is 4.14. The van der Waals surface area contributed by atoms with Crippen molar-refractivity contribution in [1.29, 1.82) is 0 Å². The molecule has 31 heavy (non-hydrogen) atoms. The number of amides is 4. The van der Waals surface area contributed by atoms with E-state index in [4.69, 9.17) is 16.6 Å². The van der Waals surface area contributed by atoms with Crippen LogP contribution in [-0.4, -0.2) is 76.6 Å². The Morgan fingerprint density at radius 3 is 1.94 bits per heavy atom. The van der Waals surface area contributed by atoms with Crippen LogP contribution in [0.1, 0.15) is 33.1 Å². The van der Waals surface area contributed by atoms with Crippen LogP contribution in [0.3, 0.4) is 0 Å². The Balaban J connectivity index is 5.20. The number of carbonyl (C=O) groups excluding carboxylic acids is 4. The standard InChI is InChI=1S/C18H33N5O6S2/c1-9(2)6-10(19)15(25)21-11(4-5-31-3)16(26)23-13(8-30)17(27)22-12(18(28)29)7-14(20)24/h9-13,30H,4-8,19H2,1-3H3,(H2,20,24)(H,21,25)(H,22,27)(H,23,26)(H,28,29). The van der Waals surface area contributed by atoms with Gasteiger partial charge in [0.05, 0.1) is 12.5 Å². The summed E-state index contributed by atoms with van der Waals surface area (Å²) in [5, 5.41) is 16.3. The number of carboxylic acids is 1. The van der Waals surface area contributed by atoms with Crippen LogP contribution >= 0.6 is 24.4 Å². The summed E-state index contributed by atoms with van der Waals surface area (Å²) in [4.78, 5) is 59.7. The zero-order valence-electron chi connectivity index (χ0n) is 17.9. The predicted octanol–water partition coefficient (Wildman–Crippen LogP) is -1.54. The minimum atomic E-state index is -1.54. The third-order valence-corrected chi connectivity index (χ3v) is 5.15. The lowest BCUT2D eigenvalue weighted by molar-refractivity contribution is -0.143. The fraction of sp³-hybridized carbons (Fsp3) is 0.722. The van der Waals surface area contributed by atoms with Crippen LogP contribution in [0.5, 0.6) is 0 Å². The number of primary amides is 1. The molecule has 0 aromatic rings. The number of aliphatic carboxylic acids is 1. The van der Waals surface area contributed by atoms with Gasteiger partial charge in [0.1, 0.15) is 18.1 Å². The van der Waals surface area contributed by atoms with Crippen LogP contribution in [0, 0.1) is 5.92 Å². The van der Waals surface area contributed by atoms with Crippen molar-refractivity contribution in [2.75, 3.05) is 17.8 Å². The van der Waals surface area contributed by atoms with E-state index in [1.807, 2.05) is 20.1 Å². The Morgan fingerprint density at radius 2 is 1.48 bits per heavy atom. The maximum Gasteiger partial charge on any atom is 0.326 e. The predicted molar refractivity (Wildman–Crippen MR) is 122 cm³/mol. The fourth-order valence-corrected chi connectivity index (χ4v) is 3.27. The Bertz CT molecular complexity index is 649. The monoisotopic (exact) mass is 479 g/mol. The molecule has 0 fully saturated rings. The molecule has 0 saturated carbocycles. The van der Waals surface area contributed by atoms with Gasteiger partial charge in [-0.25, -0.2) is 4.79 Å². The van der Waals surface area contributed by atoms with Gasteiger partial charge in [0.25, 0.3) is 0 Å². The molecule has 0 aromatic heterocycles. The van der Waals surface area contributed by atoms with Gasteiger partial charge in [-0.3, -0.25) is 19.2 Å². The van der Waals surface area contributed by atoms with Crippen LogP contribution in [0.15, 0.2) is 0 Å². The molecule has 0 saturated heterocycles. The SMILES string of the molecule is CSCCC(NC(=O)C(N)CC(C)C)C(=O)NC(CS)C(=O)NC(CC(N)=O)C(=O)O. The Kier molecular flexibility index (Phi) is 14.0. The van der Waals surface area contributed by atoms with E-state index in [1.165, 1.54) is 11.8 Å². The van der Waals surface area contributed by atoms with Crippen molar-refractivity contribution in [1.82, 2.24) is 16.0 Å². The van der Waals surface area contributed by atoms with Crippen LogP contribution in [0.4, 0.5) is 0 Å². The molecule has 4 amide bonds. The number of hydrogen-bond acceptors (Lipinski definition) is 8. The van der Waals surface area contributed by atoms with Gasteiger partial charge >= 0.3 is 5.97 Å². The van der Waals surface area contributed by atoms with E-state index in [9.17, 15) is 24.0 Å². The van der Waals surface area contributed by atoms with Crippen molar-refractivity contribution in [2.24, 2.45) is 17.4 Å². The average molecular weight is 480 g/mol. The van der Waals surface area contributed by atoms with E-state index in [0.29, 0.717) is 18.6 Å². The molecule has 0 heterocycles. The van der Waals surface area contributed by atoms with Crippen molar-refractivity contribution < 1.29 is 29.1 Å². The smallest absolute Gasteiger partial charge is 0.326 e. The highest BCUT2D eigenvalue weighted by molar-refractivity contribution is 7.98. The lowest BCUT2D eigenvalue weighted by atomic mass is 10.0. The molecule has 0 spiro atoms. The molecule has 0 rings (SSSR count). The maximum atomic E-state index is 12.7. The zero-order valence-corrected chi connectivity index (χ0v) is 19.6. The largest absolute Gasteiger partial charge is 0.480 e. The third kappa shape index (κ3) is 11.8. The maximum absolute atomic E-state index is 12.7. The second-order valence-corrected chi connectivity index (χ2v) is 8.74. The Morgan fingerprint density at radius 1 is 0.968 bits per heavy atom. The minimum Gasteiger partial charge on any atom is -0.480 e. The van der Waals surface area contributed by atoms with Gasteiger partial charge in [-0.2, -0.15) is 24.4 Å². The van der Waals surface area contributed by atoms with Gasteiger partial charge in [-0.05, 0) is 30.8 Å². The summed E-state index contributed by atoms with van der Waals surface area (Å²) < 4.78 is 0. The van der Waals surface area contributed by atoms with Crippen LogP contribution in [0.2, 0.25) is 0 Å². The molecule has 0 aromatic carbocycles. The van der Waals surface area contributed by atoms with Crippen LogP contribution in [0.25, 0.3) is 0 Å². The fourth-order valence-electron chi connectivity index (χ4n) is 2.54. The van der Waals surface area contributed by atoms with E-state index in [-0.39, 0.29) is 11.7 Å². The van der Waals surface area contributed by atoms with Crippen LogP contribution in [-0.2, 0) is 24.0 Å². The minimum absolute atomic E-state index is 0.142. The summed E-state index contributed by atoms with van der Waals surface area (Å²) in [5.41, 5.74) is 10.9. The second kappa shape index (κ2) is 14.9. The summed E-state index contributed by atoms with van der Waals surface area (Å²) >= 11 is 5.50. The summed E-state index contributed by atoms with van der Waals surface area (Å²) in [5.74, 6) is -3.68. The molecule has 13 heteroatoms. The first kappa shape index (κ1) is 29.0. The molecule has 0 aliphatic carbocycles. The molecule has 0 bridgehead atoms. The number of nitrogens with one attached hydrogen (secondary N) is 3. The van der Waals surface area contributed by atoms with Gasteiger partial charge in [0.15, 0.2) is 0 Å². The molecular weight excluding hydrogens is 446 g/mol. The lowest BCUT2D eigenvalue weighted by Crippen LogP contribution is -2.58. The first-order chi connectivity index (χ1) is 14.4. The van der Waals surface area contributed by atoms with Crippen molar-refractivity contribution in [3.05, 3.63) is 0 Å². The molecule has 0 aliphatic rings. The number of thiol groups is 1. The van der Waals surface area contributed by atoms with E-state index in [0.717, 1.165) is 0 Å². The van der Waals surface area contributed by atoms with Crippen molar-refractivity contribution >= 4 is 54.0 Å². The number of thioether (sulfide) groups is 1. The highest BCUT2D eigenvalue weighted by Gasteiger charge is 2.30. The van der Waals surface area contributed by atoms with Crippen molar-refractivity contribution in [3.63, 3.8) is 0 Å². The molecule has 178 valence electrons. The number of carboxylic acid groups (broad SMARTS) is 1. The molecule has 0 aliphatic heterocycles. The summed E-state index contributed by atoms with van der Waals surface area (Å²) in [6.07, 6.45) is 1.98. The molecule has 11 nitrogen and oxygen atoms in total. The first-order valence-corrected chi connectivity index (χ1v) is 11.7. The number of rotatable bonds is 15. The lowest BCUT2D eigenvalue weighted by Gasteiger charge is -2.24. The number of carbonyl (C=O) groups is 5. The van der Waals surface area contributed by atoms with Crippen molar-refractivity contribution in [3.8, 4) is 0 Å². The Labute approximate surface area is 191 Å². The molecule has 0 radical (unpaired) electrons. The normalized spacial score (nSPS) is 14.8. The topological polar surface area (TPSA) is 194 Å². The molecular formula is C18H33N5O6S2. The van der Waals surface area contributed by atoms with Gasteiger partial charge in [0.2, 0.25) is 23.6 Å². The number of hydrogen-bond donors (Lipinski definition) is 7. The van der Waals surface area contributed by atoms with Gasteiger partial charge in [0, 0.05) is 5.75 Å². The van der Waals surface area contributed by atoms with Gasteiger partial charge < -0.3 is 32.5 Å². The molecule has 8 N–H and O–H groups in total.